The topological polar surface area (TPSA) is 40.5 Å². The Kier molecular flexibility index (Phi) is 1.64. The molecule has 0 spiro atoms. The molecule has 0 saturated heterocycles. The number of aliphatic hydroxyl groups is 1. The molecule has 2 N–H and O–H groups in total. The molecule has 0 aliphatic heterocycles. The number of phenolic OH excluding ortho intramolecular Hbond substituents is 1. The summed E-state index contributed by atoms with van der Waals surface area (Å²) in [5.74, 6) is 0.264. The first-order valence-corrected chi connectivity index (χ1v) is 4.57. The quantitative estimate of drug-likeness (QED) is 0.690. The Morgan fingerprint density at radius 3 is 2.23 bits per heavy atom. The van der Waals surface area contributed by atoms with Gasteiger partial charge in [-0.25, -0.2) is 0 Å². The third kappa shape index (κ3) is 1.22. The maximum Gasteiger partial charge on any atom is 0.124 e. The van der Waals surface area contributed by atoms with Crippen LogP contribution in [0.5, 0.6) is 5.75 Å². The third-order valence-corrected chi connectivity index (χ3v) is 2.78. The van der Waals surface area contributed by atoms with Gasteiger partial charge >= 0.3 is 0 Å². The number of aromatic hydroxyl groups is 1. The van der Waals surface area contributed by atoms with E-state index in [4.69, 9.17) is 0 Å². The number of hydrogen-bond donors (Lipinski definition) is 2. The van der Waals surface area contributed by atoms with Crippen LogP contribution in [0, 0.1) is 13.8 Å². The summed E-state index contributed by atoms with van der Waals surface area (Å²) in [7, 11) is 0. The second-order valence-electron chi connectivity index (χ2n) is 3.95. The minimum atomic E-state index is -0.736. The zero-order valence-electron chi connectivity index (χ0n) is 7.96. The first kappa shape index (κ1) is 8.57. The first-order valence-electron chi connectivity index (χ1n) is 4.57. The van der Waals surface area contributed by atoms with Crippen molar-refractivity contribution in [1.82, 2.24) is 0 Å². The van der Waals surface area contributed by atoms with Gasteiger partial charge in [0.1, 0.15) is 5.75 Å². The van der Waals surface area contributed by atoms with E-state index in [0.29, 0.717) is 0 Å². The van der Waals surface area contributed by atoms with Gasteiger partial charge in [-0.1, -0.05) is 12.1 Å². The molecule has 0 aromatic heterocycles. The third-order valence-electron chi connectivity index (χ3n) is 2.78. The van der Waals surface area contributed by atoms with Crippen molar-refractivity contribution < 1.29 is 10.2 Å². The largest absolute Gasteiger partial charge is 0.507 e. The van der Waals surface area contributed by atoms with Crippen LogP contribution in [0.2, 0.25) is 0 Å². The van der Waals surface area contributed by atoms with Gasteiger partial charge < -0.3 is 10.2 Å². The number of hydrogen-bond acceptors (Lipinski definition) is 2. The van der Waals surface area contributed by atoms with Gasteiger partial charge in [0.15, 0.2) is 0 Å². The maximum absolute atomic E-state index is 9.93. The van der Waals surface area contributed by atoms with Crippen LogP contribution < -0.4 is 0 Å². The number of benzene rings is 1. The van der Waals surface area contributed by atoms with Crippen LogP contribution in [0.15, 0.2) is 12.1 Å². The van der Waals surface area contributed by atoms with Crippen molar-refractivity contribution in [3.63, 3.8) is 0 Å². The Balaban J connectivity index is 2.61. The van der Waals surface area contributed by atoms with E-state index in [1.54, 1.807) is 0 Å². The molecule has 1 saturated carbocycles. The molecule has 0 atom stereocenters. The molecule has 70 valence electrons. The number of phenols is 1. The molecule has 1 fully saturated rings. The Hall–Kier alpha value is -1.02. The highest BCUT2D eigenvalue weighted by Crippen LogP contribution is 2.50. The summed E-state index contributed by atoms with van der Waals surface area (Å²) in [6.07, 6.45) is 1.54. The lowest BCUT2D eigenvalue weighted by atomic mass is 9.98. The highest BCUT2D eigenvalue weighted by atomic mass is 16.3. The van der Waals surface area contributed by atoms with Crippen molar-refractivity contribution in [2.75, 3.05) is 0 Å². The second kappa shape index (κ2) is 2.48. The maximum atomic E-state index is 9.93. The Bertz CT molecular complexity index is 351. The molecular formula is C11H14O2. The van der Waals surface area contributed by atoms with E-state index in [9.17, 15) is 10.2 Å². The molecule has 1 aliphatic carbocycles. The Morgan fingerprint density at radius 1 is 1.15 bits per heavy atom. The summed E-state index contributed by atoms with van der Waals surface area (Å²) in [4.78, 5) is 0. The zero-order chi connectivity index (χ0) is 9.64. The molecule has 0 unspecified atom stereocenters. The molecule has 0 bridgehead atoms. The van der Waals surface area contributed by atoms with Crippen LogP contribution >= 0.6 is 0 Å². The molecule has 13 heavy (non-hydrogen) atoms. The Morgan fingerprint density at radius 2 is 1.69 bits per heavy atom. The van der Waals surface area contributed by atoms with Gasteiger partial charge in [0.25, 0.3) is 0 Å². The van der Waals surface area contributed by atoms with Crippen molar-refractivity contribution in [1.29, 1.82) is 0 Å². The lowest BCUT2D eigenvalue weighted by Gasteiger charge is -2.15. The van der Waals surface area contributed by atoms with Crippen LogP contribution in [0.25, 0.3) is 0 Å². The summed E-state index contributed by atoms with van der Waals surface area (Å²) < 4.78 is 0. The van der Waals surface area contributed by atoms with Crippen LogP contribution in [-0.4, -0.2) is 10.2 Å². The smallest absolute Gasteiger partial charge is 0.124 e. The minimum absolute atomic E-state index is 0.264. The van der Waals surface area contributed by atoms with E-state index in [1.165, 1.54) is 0 Å². The molecule has 2 rings (SSSR count). The van der Waals surface area contributed by atoms with Crippen molar-refractivity contribution in [2.45, 2.75) is 32.3 Å². The van der Waals surface area contributed by atoms with Crippen LogP contribution in [0.4, 0.5) is 0 Å². The van der Waals surface area contributed by atoms with Crippen LogP contribution in [-0.2, 0) is 5.60 Å². The molecular weight excluding hydrogens is 164 g/mol. The molecule has 1 aromatic carbocycles. The van der Waals surface area contributed by atoms with Gasteiger partial charge in [0.05, 0.1) is 5.60 Å². The first-order chi connectivity index (χ1) is 6.04. The normalized spacial score (nSPS) is 18.7. The Labute approximate surface area is 77.8 Å². The van der Waals surface area contributed by atoms with Gasteiger partial charge in [0.2, 0.25) is 0 Å². The predicted molar refractivity (Wildman–Crippen MR) is 50.7 cm³/mol. The highest BCUT2D eigenvalue weighted by molar-refractivity contribution is 5.49. The summed E-state index contributed by atoms with van der Waals surface area (Å²) in [6, 6.07) is 3.82. The summed E-state index contributed by atoms with van der Waals surface area (Å²) >= 11 is 0. The molecule has 1 aliphatic rings. The SMILES string of the molecule is Cc1ccc(C)c(C2(O)CC2)c1O. The van der Waals surface area contributed by atoms with Crippen LogP contribution in [0.3, 0.4) is 0 Å². The van der Waals surface area contributed by atoms with Crippen molar-refractivity contribution in [2.24, 2.45) is 0 Å². The summed E-state index contributed by atoms with van der Waals surface area (Å²) in [5.41, 5.74) is 1.80. The lowest BCUT2D eigenvalue weighted by Crippen LogP contribution is -2.07. The predicted octanol–water partition coefficient (Wildman–Crippen LogP) is 1.99. The van der Waals surface area contributed by atoms with E-state index < -0.39 is 5.60 Å². The standard InChI is InChI=1S/C11H14O2/c1-7-3-4-8(2)10(12)9(7)11(13)5-6-11/h3-4,12-13H,5-6H2,1-2H3. The number of rotatable bonds is 1. The molecule has 0 heterocycles. The average Bonchev–Trinajstić information content (AvgIpc) is 2.78. The highest BCUT2D eigenvalue weighted by Gasteiger charge is 2.45. The fourth-order valence-electron chi connectivity index (χ4n) is 1.75. The summed E-state index contributed by atoms with van der Waals surface area (Å²) in [6.45, 7) is 3.77. The zero-order valence-corrected chi connectivity index (χ0v) is 7.96. The van der Waals surface area contributed by atoms with E-state index in [2.05, 4.69) is 0 Å². The van der Waals surface area contributed by atoms with Crippen molar-refractivity contribution in [3.05, 3.63) is 28.8 Å². The fraction of sp³-hybridized carbons (Fsp3) is 0.455. The lowest BCUT2D eigenvalue weighted by molar-refractivity contribution is 0.147. The van der Waals surface area contributed by atoms with Gasteiger partial charge in [-0.05, 0) is 37.8 Å². The van der Waals surface area contributed by atoms with E-state index >= 15 is 0 Å². The van der Waals surface area contributed by atoms with Crippen molar-refractivity contribution in [3.8, 4) is 5.75 Å². The monoisotopic (exact) mass is 178 g/mol. The van der Waals surface area contributed by atoms with Crippen molar-refractivity contribution >= 4 is 0 Å². The van der Waals surface area contributed by atoms with Gasteiger partial charge in [-0.2, -0.15) is 0 Å². The molecule has 0 amide bonds. The molecule has 0 radical (unpaired) electrons. The van der Waals surface area contributed by atoms with Gasteiger partial charge in [0, 0.05) is 5.56 Å². The van der Waals surface area contributed by atoms with Gasteiger partial charge in [-0.15, -0.1) is 0 Å². The van der Waals surface area contributed by atoms with Gasteiger partial charge in [-0.3, -0.25) is 0 Å². The fourth-order valence-corrected chi connectivity index (χ4v) is 1.75. The molecule has 2 heteroatoms. The number of aryl methyl sites for hydroxylation is 2. The average molecular weight is 178 g/mol. The van der Waals surface area contributed by atoms with Crippen LogP contribution in [0.1, 0.15) is 29.5 Å². The second-order valence-corrected chi connectivity index (χ2v) is 3.95. The summed E-state index contributed by atoms with van der Waals surface area (Å²) in [5, 5.41) is 19.7. The van der Waals surface area contributed by atoms with E-state index in [1.807, 2.05) is 26.0 Å². The molecule has 1 aromatic rings. The van der Waals surface area contributed by atoms with E-state index in [-0.39, 0.29) is 5.75 Å². The minimum Gasteiger partial charge on any atom is -0.507 e. The van der Waals surface area contributed by atoms with E-state index in [0.717, 1.165) is 29.5 Å². The molecule has 2 nitrogen and oxygen atoms in total.